The summed E-state index contributed by atoms with van der Waals surface area (Å²) in [7, 11) is -4.81. The molecular formula is C45H75O10P. The molecule has 320 valence electrons. The van der Waals surface area contributed by atoms with Crippen LogP contribution in [-0.4, -0.2) is 63.5 Å². The lowest BCUT2D eigenvalue weighted by atomic mass is 10.1. The molecular weight excluding hydrogens is 731 g/mol. The van der Waals surface area contributed by atoms with Crippen molar-refractivity contribution in [1.29, 1.82) is 0 Å². The van der Waals surface area contributed by atoms with E-state index in [1.54, 1.807) is 30.4 Å². The molecule has 0 radical (unpaired) electrons. The molecule has 0 rings (SSSR count). The van der Waals surface area contributed by atoms with Gasteiger partial charge < -0.3 is 29.5 Å². The Morgan fingerprint density at radius 1 is 0.589 bits per heavy atom. The molecule has 0 fully saturated rings. The molecule has 0 saturated carbocycles. The van der Waals surface area contributed by atoms with E-state index in [2.05, 4.69) is 30.5 Å². The van der Waals surface area contributed by atoms with Crippen LogP contribution in [0, 0.1) is 0 Å². The van der Waals surface area contributed by atoms with Gasteiger partial charge in [-0.05, 0) is 64.2 Å². The lowest BCUT2D eigenvalue weighted by Crippen LogP contribution is -2.29. The van der Waals surface area contributed by atoms with E-state index in [-0.39, 0.29) is 19.4 Å². The summed E-state index contributed by atoms with van der Waals surface area (Å²) in [5.74, 6) is -1.08. The maximum absolute atomic E-state index is 12.4. The van der Waals surface area contributed by atoms with Crippen molar-refractivity contribution in [3.8, 4) is 0 Å². The van der Waals surface area contributed by atoms with Gasteiger partial charge in [0.1, 0.15) is 6.61 Å². The number of esters is 2. The van der Waals surface area contributed by atoms with Crippen molar-refractivity contribution in [2.75, 3.05) is 13.2 Å². The zero-order valence-electron chi connectivity index (χ0n) is 34.5. The number of unbranched alkanes of at least 4 members (excludes halogenated alkanes) is 14. The van der Waals surface area contributed by atoms with Gasteiger partial charge >= 0.3 is 19.8 Å². The van der Waals surface area contributed by atoms with E-state index in [4.69, 9.17) is 19.3 Å². The average molecular weight is 807 g/mol. The molecule has 0 aliphatic carbocycles. The van der Waals surface area contributed by atoms with Gasteiger partial charge in [0.25, 0.3) is 0 Å². The van der Waals surface area contributed by atoms with Crippen LogP contribution in [0.4, 0.5) is 0 Å². The monoisotopic (exact) mass is 807 g/mol. The molecule has 3 atom stereocenters. The molecule has 0 saturated heterocycles. The number of phosphoric acid groups is 1. The number of phosphoric ester groups is 1. The third kappa shape index (κ3) is 40.8. The number of hydrogen-bond donors (Lipinski definition) is 4. The lowest BCUT2D eigenvalue weighted by Gasteiger charge is -2.18. The molecule has 4 N–H and O–H groups in total. The highest BCUT2D eigenvalue weighted by Gasteiger charge is 2.22. The molecule has 56 heavy (non-hydrogen) atoms. The van der Waals surface area contributed by atoms with Gasteiger partial charge in [0.05, 0.1) is 18.8 Å². The Hall–Kier alpha value is -2.85. The summed E-state index contributed by atoms with van der Waals surface area (Å²) in [5.41, 5.74) is 0. The third-order valence-electron chi connectivity index (χ3n) is 8.57. The summed E-state index contributed by atoms with van der Waals surface area (Å²) in [6.07, 6.45) is 45.2. The van der Waals surface area contributed by atoms with Crippen LogP contribution in [0.25, 0.3) is 0 Å². The predicted molar refractivity (Wildman–Crippen MR) is 228 cm³/mol. The molecule has 0 aromatic carbocycles. The van der Waals surface area contributed by atoms with E-state index in [1.165, 1.54) is 64.2 Å². The average Bonchev–Trinajstić information content (AvgIpc) is 3.16. The predicted octanol–water partition coefficient (Wildman–Crippen LogP) is 10.8. The highest BCUT2D eigenvalue weighted by molar-refractivity contribution is 7.46. The van der Waals surface area contributed by atoms with Gasteiger partial charge in [-0.15, -0.1) is 0 Å². The highest BCUT2D eigenvalue weighted by atomic mass is 31.2. The Balaban J connectivity index is 4.19. The first-order valence-corrected chi connectivity index (χ1v) is 22.6. The second kappa shape index (κ2) is 39.0. The van der Waals surface area contributed by atoms with E-state index in [9.17, 15) is 24.4 Å². The van der Waals surface area contributed by atoms with Crippen molar-refractivity contribution in [3.63, 3.8) is 0 Å². The first-order chi connectivity index (χ1) is 27.1. The van der Waals surface area contributed by atoms with Crippen molar-refractivity contribution in [3.05, 3.63) is 85.1 Å². The number of carbonyl (C=O) groups is 2. The Morgan fingerprint density at radius 2 is 1.16 bits per heavy atom. The number of ether oxygens (including phenoxy) is 2. The Morgan fingerprint density at radius 3 is 1.79 bits per heavy atom. The first-order valence-electron chi connectivity index (χ1n) is 21.1. The summed E-state index contributed by atoms with van der Waals surface area (Å²) in [6.45, 7) is 3.32. The molecule has 0 heterocycles. The van der Waals surface area contributed by atoms with Crippen LogP contribution < -0.4 is 0 Å². The summed E-state index contributed by atoms with van der Waals surface area (Å²) < 4.78 is 26.3. The van der Waals surface area contributed by atoms with Crippen LogP contribution in [0.5, 0.6) is 0 Å². The molecule has 0 aromatic rings. The van der Waals surface area contributed by atoms with Gasteiger partial charge in [0.15, 0.2) is 6.10 Å². The second-order valence-corrected chi connectivity index (χ2v) is 15.2. The zero-order chi connectivity index (χ0) is 41.4. The Kier molecular flexibility index (Phi) is 37.0. The van der Waals surface area contributed by atoms with Gasteiger partial charge in [-0.3, -0.25) is 14.1 Å². The Labute approximate surface area is 338 Å². The fraction of sp³-hybridized carbons (Fsp3) is 0.644. The quantitative estimate of drug-likeness (QED) is 0.0156. The fourth-order valence-electron chi connectivity index (χ4n) is 5.40. The van der Waals surface area contributed by atoms with Crippen molar-refractivity contribution >= 4 is 19.8 Å². The van der Waals surface area contributed by atoms with Gasteiger partial charge in [0.2, 0.25) is 0 Å². The van der Waals surface area contributed by atoms with Crippen LogP contribution in [0.3, 0.4) is 0 Å². The number of rotatable bonds is 37. The number of hydrogen-bond acceptors (Lipinski definition) is 8. The van der Waals surface area contributed by atoms with E-state index < -0.39 is 44.7 Å². The normalized spacial score (nSPS) is 14.5. The Bertz CT molecular complexity index is 1210. The van der Waals surface area contributed by atoms with Gasteiger partial charge in [0, 0.05) is 12.8 Å². The summed E-state index contributed by atoms with van der Waals surface area (Å²) >= 11 is 0. The van der Waals surface area contributed by atoms with Crippen LogP contribution in [-0.2, 0) is 28.2 Å². The molecule has 10 nitrogen and oxygen atoms in total. The van der Waals surface area contributed by atoms with Gasteiger partial charge in [-0.2, -0.15) is 0 Å². The minimum atomic E-state index is -4.81. The zero-order valence-corrected chi connectivity index (χ0v) is 35.4. The number of aliphatic hydroxyl groups is 2. The topological polar surface area (TPSA) is 160 Å². The first kappa shape index (κ1) is 53.1. The van der Waals surface area contributed by atoms with Gasteiger partial charge in [-0.25, -0.2) is 4.57 Å². The SMILES string of the molecule is CC/C=C\C[C@@H](O)/C=C/C=C\C/C=C\C=C\[C@@H](O)/C=C\CCCC(=O)OC[C@H](COP(=O)(O)O)OC(=O)CCCCCCCCC/C=C\CCCCCCCC. The van der Waals surface area contributed by atoms with Crippen LogP contribution >= 0.6 is 7.82 Å². The van der Waals surface area contributed by atoms with Crippen molar-refractivity contribution in [1.82, 2.24) is 0 Å². The summed E-state index contributed by atoms with van der Waals surface area (Å²) in [4.78, 5) is 42.9. The third-order valence-corrected chi connectivity index (χ3v) is 9.06. The summed E-state index contributed by atoms with van der Waals surface area (Å²) in [6, 6.07) is 0. The number of carbonyl (C=O) groups excluding carboxylic acids is 2. The molecule has 0 aliphatic heterocycles. The van der Waals surface area contributed by atoms with Crippen molar-refractivity contribution in [2.24, 2.45) is 0 Å². The fourth-order valence-corrected chi connectivity index (χ4v) is 5.76. The maximum atomic E-state index is 12.4. The van der Waals surface area contributed by atoms with E-state index in [1.807, 2.05) is 42.5 Å². The standard InChI is InChI=1S/C45H75O10P/c1-3-5-7-8-9-10-11-12-13-14-15-16-17-18-22-25-31-38-45(49)55-43(40-54-56(50,51)52)39-53-44(48)37-32-26-30-36-42(47)35-29-24-21-19-20-23-28-34-41(46)33-27-6-4-2/h6,12-13,20-21,23-24,27-30,34-36,41-43,46-47H,3-5,7-11,14-19,22,25-26,31-33,37-40H2,1-2H3,(H2,50,51,52)/b13-12-,23-20-,24-21-,27-6-,34-28+,35-29+,36-30-/t41-,42-,43-/m1/s1. The van der Waals surface area contributed by atoms with Crippen molar-refractivity contribution in [2.45, 2.75) is 173 Å². The maximum Gasteiger partial charge on any atom is 0.469 e. The minimum Gasteiger partial charge on any atom is -0.462 e. The summed E-state index contributed by atoms with van der Waals surface area (Å²) in [5, 5.41) is 19.9. The second-order valence-electron chi connectivity index (χ2n) is 14.0. The molecule has 0 amide bonds. The van der Waals surface area contributed by atoms with Crippen LogP contribution in [0.15, 0.2) is 85.1 Å². The molecule has 0 aliphatic rings. The van der Waals surface area contributed by atoms with E-state index in [0.717, 1.165) is 32.1 Å². The molecule has 0 aromatic heterocycles. The number of allylic oxidation sites excluding steroid dienone is 10. The van der Waals surface area contributed by atoms with Crippen LogP contribution in [0.2, 0.25) is 0 Å². The lowest BCUT2D eigenvalue weighted by molar-refractivity contribution is -0.161. The van der Waals surface area contributed by atoms with Crippen molar-refractivity contribution < 1.29 is 48.2 Å². The van der Waals surface area contributed by atoms with E-state index in [0.29, 0.717) is 32.1 Å². The molecule has 0 bridgehead atoms. The number of aliphatic hydroxyl groups excluding tert-OH is 2. The highest BCUT2D eigenvalue weighted by Crippen LogP contribution is 2.36. The largest absolute Gasteiger partial charge is 0.469 e. The smallest absolute Gasteiger partial charge is 0.462 e. The molecule has 0 unspecified atom stereocenters. The molecule has 0 spiro atoms. The van der Waals surface area contributed by atoms with Gasteiger partial charge in [-0.1, -0.05) is 163 Å². The van der Waals surface area contributed by atoms with E-state index >= 15 is 0 Å². The molecule has 11 heteroatoms. The van der Waals surface area contributed by atoms with Crippen LogP contribution in [0.1, 0.15) is 155 Å². The minimum absolute atomic E-state index is 0.0759.